The first kappa shape index (κ1) is 16.0. The number of sulfonamides is 1. The molecule has 0 radical (unpaired) electrons. The summed E-state index contributed by atoms with van der Waals surface area (Å²) in [5.74, 6) is 0.0282. The van der Waals surface area contributed by atoms with Crippen molar-refractivity contribution >= 4 is 10.0 Å². The molecule has 1 aliphatic carbocycles. The van der Waals surface area contributed by atoms with E-state index < -0.39 is 15.6 Å². The Hall–Kier alpha value is -1.38. The Labute approximate surface area is 127 Å². The van der Waals surface area contributed by atoms with Gasteiger partial charge in [-0.05, 0) is 24.8 Å². The fraction of sp³-hybridized carbons (Fsp3) is 0.562. The van der Waals surface area contributed by atoms with Crippen LogP contribution in [-0.2, 0) is 16.4 Å². The lowest BCUT2D eigenvalue weighted by atomic mass is 9.94. The topological polar surface area (TPSA) is 70.0 Å². The number of nitriles is 1. The molecule has 0 heterocycles. The third-order valence-corrected chi connectivity index (χ3v) is 5.47. The number of nitrogens with one attached hydrogen (secondary N) is 1. The largest absolute Gasteiger partial charge is 0.213 e. The van der Waals surface area contributed by atoms with Crippen LogP contribution >= 0.6 is 0 Å². The zero-order valence-corrected chi connectivity index (χ0v) is 13.0. The number of rotatable bonds is 5. The van der Waals surface area contributed by atoms with Crippen molar-refractivity contribution in [3.63, 3.8) is 0 Å². The molecule has 0 amide bonds. The zero-order valence-electron chi connectivity index (χ0n) is 12.2. The van der Waals surface area contributed by atoms with Crippen LogP contribution in [0.1, 0.15) is 44.1 Å². The van der Waals surface area contributed by atoms with Gasteiger partial charge in [0.1, 0.15) is 5.54 Å². The molecule has 0 aliphatic heterocycles. The molecule has 1 aromatic rings. The van der Waals surface area contributed by atoms with E-state index in [1.807, 2.05) is 30.3 Å². The molecule has 2 rings (SSSR count). The van der Waals surface area contributed by atoms with Gasteiger partial charge in [-0.25, -0.2) is 8.42 Å². The fourth-order valence-corrected chi connectivity index (χ4v) is 4.27. The molecule has 1 aromatic carbocycles. The van der Waals surface area contributed by atoms with E-state index in [-0.39, 0.29) is 5.75 Å². The van der Waals surface area contributed by atoms with E-state index in [0.717, 1.165) is 31.2 Å². The molecule has 1 saturated carbocycles. The van der Waals surface area contributed by atoms with Crippen LogP contribution in [0, 0.1) is 11.3 Å². The molecule has 0 saturated heterocycles. The van der Waals surface area contributed by atoms with Gasteiger partial charge in [-0.3, -0.25) is 0 Å². The maximum absolute atomic E-state index is 12.3. The molecule has 21 heavy (non-hydrogen) atoms. The second kappa shape index (κ2) is 7.06. The molecule has 0 atom stereocenters. The molecule has 0 spiro atoms. The maximum Gasteiger partial charge on any atom is 0.213 e. The lowest BCUT2D eigenvalue weighted by molar-refractivity contribution is 0.422. The van der Waals surface area contributed by atoms with Crippen molar-refractivity contribution in [2.75, 3.05) is 5.75 Å². The van der Waals surface area contributed by atoms with Crippen molar-refractivity contribution in [2.24, 2.45) is 0 Å². The van der Waals surface area contributed by atoms with Crippen LogP contribution in [0.4, 0.5) is 0 Å². The number of hydrogen-bond acceptors (Lipinski definition) is 3. The highest BCUT2D eigenvalue weighted by atomic mass is 32.2. The minimum atomic E-state index is -3.44. The van der Waals surface area contributed by atoms with Gasteiger partial charge in [0.05, 0.1) is 11.8 Å². The molecular formula is C16H22N2O2S. The fourth-order valence-electron chi connectivity index (χ4n) is 2.81. The summed E-state index contributed by atoms with van der Waals surface area (Å²) in [5, 5.41) is 9.44. The first-order valence-electron chi connectivity index (χ1n) is 7.52. The number of hydrogen-bond donors (Lipinski definition) is 1. The van der Waals surface area contributed by atoms with E-state index >= 15 is 0 Å². The van der Waals surface area contributed by atoms with Gasteiger partial charge < -0.3 is 0 Å². The predicted molar refractivity (Wildman–Crippen MR) is 83.1 cm³/mol. The van der Waals surface area contributed by atoms with Crippen molar-refractivity contribution in [1.29, 1.82) is 5.26 Å². The van der Waals surface area contributed by atoms with E-state index in [1.165, 1.54) is 0 Å². The van der Waals surface area contributed by atoms with Gasteiger partial charge in [0.25, 0.3) is 0 Å². The molecule has 0 bridgehead atoms. The lowest BCUT2D eigenvalue weighted by Gasteiger charge is -2.26. The van der Waals surface area contributed by atoms with Crippen molar-refractivity contribution in [3.05, 3.63) is 35.9 Å². The first-order valence-corrected chi connectivity index (χ1v) is 9.17. The highest BCUT2D eigenvalue weighted by molar-refractivity contribution is 7.89. The van der Waals surface area contributed by atoms with E-state index in [0.29, 0.717) is 19.3 Å². The van der Waals surface area contributed by atoms with Crippen LogP contribution < -0.4 is 4.72 Å². The third-order valence-electron chi connectivity index (χ3n) is 4.02. The van der Waals surface area contributed by atoms with Gasteiger partial charge in [0.2, 0.25) is 10.0 Å². The van der Waals surface area contributed by atoms with Crippen molar-refractivity contribution in [3.8, 4) is 6.07 Å². The average molecular weight is 306 g/mol. The van der Waals surface area contributed by atoms with Gasteiger partial charge >= 0.3 is 0 Å². The van der Waals surface area contributed by atoms with E-state index in [1.54, 1.807) is 0 Å². The summed E-state index contributed by atoms with van der Waals surface area (Å²) in [6, 6.07) is 11.8. The molecule has 0 aromatic heterocycles. The second-order valence-electron chi connectivity index (χ2n) is 5.76. The number of nitrogens with zero attached hydrogens (tertiary/aromatic N) is 1. The SMILES string of the molecule is N#CC1(NS(=O)(=O)CCc2ccccc2)CCCCCC1. The molecular weight excluding hydrogens is 284 g/mol. The first-order chi connectivity index (χ1) is 10.1. The zero-order chi connectivity index (χ0) is 15.2. The molecule has 4 nitrogen and oxygen atoms in total. The Balaban J connectivity index is 2.00. The summed E-state index contributed by atoms with van der Waals surface area (Å²) < 4.78 is 27.3. The Morgan fingerprint density at radius 3 is 2.29 bits per heavy atom. The quantitative estimate of drug-likeness (QED) is 0.850. The van der Waals surface area contributed by atoms with E-state index in [9.17, 15) is 13.7 Å². The van der Waals surface area contributed by atoms with Gasteiger partial charge in [0.15, 0.2) is 0 Å². The van der Waals surface area contributed by atoms with Crippen molar-refractivity contribution < 1.29 is 8.42 Å². The Kier molecular flexibility index (Phi) is 5.38. The van der Waals surface area contributed by atoms with Crippen LogP contribution in [0.25, 0.3) is 0 Å². The molecule has 5 heteroatoms. The average Bonchev–Trinajstić information content (AvgIpc) is 2.72. The van der Waals surface area contributed by atoms with Gasteiger partial charge in [-0.2, -0.15) is 9.98 Å². The summed E-state index contributed by atoms with van der Waals surface area (Å²) in [4.78, 5) is 0. The molecule has 1 fully saturated rings. The Morgan fingerprint density at radius 1 is 1.10 bits per heavy atom. The van der Waals surface area contributed by atoms with Gasteiger partial charge in [0, 0.05) is 0 Å². The highest BCUT2D eigenvalue weighted by Gasteiger charge is 2.34. The Bertz CT molecular complexity index is 582. The Morgan fingerprint density at radius 2 is 1.71 bits per heavy atom. The standard InChI is InChI=1S/C16H22N2O2S/c17-14-16(11-6-1-2-7-12-16)18-21(19,20)13-10-15-8-4-3-5-9-15/h3-5,8-9,18H,1-2,6-7,10-13H2. The molecule has 114 valence electrons. The molecule has 1 N–H and O–H groups in total. The second-order valence-corrected chi connectivity index (χ2v) is 7.61. The summed E-state index contributed by atoms with van der Waals surface area (Å²) in [5.41, 5.74) is 0.0983. The van der Waals surface area contributed by atoms with Crippen LogP contribution in [0.15, 0.2) is 30.3 Å². The highest BCUT2D eigenvalue weighted by Crippen LogP contribution is 2.27. The predicted octanol–water partition coefficient (Wildman–Crippen LogP) is 2.77. The summed E-state index contributed by atoms with van der Waals surface area (Å²) in [6.45, 7) is 0. The van der Waals surface area contributed by atoms with Gasteiger partial charge in [-0.1, -0.05) is 56.0 Å². The van der Waals surface area contributed by atoms with E-state index in [2.05, 4.69) is 10.8 Å². The summed E-state index contributed by atoms with van der Waals surface area (Å²) in [7, 11) is -3.44. The van der Waals surface area contributed by atoms with Crippen molar-refractivity contribution in [1.82, 2.24) is 4.72 Å². The monoisotopic (exact) mass is 306 g/mol. The number of aryl methyl sites for hydroxylation is 1. The maximum atomic E-state index is 12.3. The minimum Gasteiger partial charge on any atom is -0.212 e. The van der Waals surface area contributed by atoms with E-state index in [4.69, 9.17) is 0 Å². The molecule has 1 aliphatic rings. The summed E-state index contributed by atoms with van der Waals surface area (Å²) in [6.07, 6.45) is 5.69. The van der Waals surface area contributed by atoms with Crippen LogP contribution in [0.2, 0.25) is 0 Å². The normalized spacial score (nSPS) is 18.6. The van der Waals surface area contributed by atoms with Crippen LogP contribution in [-0.4, -0.2) is 19.7 Å². The molecule has 0 unspecified atom stereocenters. The summed E-state index contributed by atoms with van der Waals surface area (Å²) >= 11 is 0. The van der Waals surface area contributed by atoms with Crippen LogP contribution in [0.5, 0.6) is 0 Å². The third kappa shape index (κ3) is 4.83. The van der Waals surface area contributed by atoms with Crippen molar-refractivity contribution in [2.45, 2.75) is 50.5 Å². The smallest absolute Gasteiger partial charge is 0.212 e. The minimum absolute atomic E-state index is 0.0282. The lowest BCUT2D eigenvalue weighted by Crippen LogP contribution is -2.47. The van der Waals surface area contributed by atoms with Crippen LogP contribution in [0.3, 0.4) is 0 Å². The number of benzene rings is 1. The van der Waals surface area contributed by atoms with Gasteiger partial charge in [-0.15, -0.1) is 0 Å².